The highest BCUT2D eigenvalue weighted by Crippen LogP contribution is 2.45. The fourth-order valence-corrected chi connectivity index (χ4v) is 2.75. The number of aromatic amines is 1. The van der Waals surface area contributed by atoms with E-state index in [1.807, 2.05) is 12.1 Å². The van der Waals surface area contributed by atoms with Crippen LogP contribution in [0.3, 0.4) is 0 Å². The molecular weight excluding hydrogens is 261 g/mol. The third-order valence-electron chi connectivity index (χ3n) is 2.71. The van der Waals surface area contributed by atoms with E-state index >= 15 is 0 Å². The van der Waals surface area contributed by atoms with Gasteiger partial charge in [0.2, 0.25) is 0 Å². The number of rotatable bonds is 1. The first-order valence-electron chi connectivity index (χ1n) is 4.72. The zero-order chi connectivity index (χ0) is 9.71. The van der Waals surface area contributed by atoms with Crippen molar-refractivity contribution < 1.29 is 0 Å². The van der Waals surface area contributed by atoms with Crippen LogP contribution in [0.2, 0.25) is 5.02 Å². The van der Waals surface area contributed by atoms with E-state index in [-0.39, 0.29) is 0 Å². The Labute approximate surface area is 95.6 Å². The Kier molecular flexibility index (Phi) is 1.89. The summed E-state index contributed by atoms with van der Waals surface area (Å²) in [5.74, 6) is 0.732. The molecule has 72 valence electrons. The molecule has 1 saturated carbocycles. The number of hydrogen-bond donors (Lipinski definition) is 1. The Hall–Kier alpha value is -0.470. The van der Waals surface area contributed by atoms with Gasteiger partial charge in [0.1, 0.15) is 0 Å². The molecule has 3 heteroatoms. The number of halogens is 2. The van der Waals surface area contributed by atoms with E-state index in [0.717, 1.165) is 16.5 Å². The Morgan fingerprint density at radius 3 is 2.86 bits per heavy atom. The zero-order valence-corrected chi connectivity index (χ0v) is 9.82. The summed E-state index contributed by atoms with van der Waals surface area (Å²) in [4.78, 5) is 3.44. The molecule has 0 aliphatic heterocycles. The normalized spacial score (nSPS) is 16.4. The molecule has 3 rings (SSSR count). The Balaban J connectivity index is 2.28. The second-order valence-corrected chi connectivity index (χ2v) is 5.05. The van der Waals surface area contributed by atoms with Crippen molar-refractivity contribution in [2.75, 3.05) is 0 Å². The molecule has 0 saturated heterocycles. The lowest BCUT2D eigenvalue weighted by atomic mass is 10.2. The van der Waals surface area contributed by atoms with E-state index in [0.29, 0.717) is 0 Å². The molecule has 1 N–H and O–H groups in total. The molecule has 0 amide bonds. The topological polar surface area (TPSA) is 15.8 Å². The van der Waals surface area contributed by atoms with Crippen LogP contribution >= 0.6 is 27.5 Å². The average molecular weight is 271 g/mol. The van der Waals surface area contributed by atoms with E-state index in [1.54, 1.807) is 0 Å². The number of H-pyrrole nitrogens is 1. The van der Waals surface area contributed by atoms with E-state index < -0.39 is 0 Å². The average Bonchev–Trinajstić information content (AvgIpc) is 2.93. The molecular formula is C11H9BrClN. The minimum absolute atomic E-state index is 0.732. The molecule has 0 atom stereocenters. The maximum absolute atomic E-state index is 5.94. The standard InChI is InChI=1S/C11H9BrClN/c12-10-8-4-3-7(13)5-9(8)14-11(10)6-1-2-6/h3-6,14H,1-2H2. The minimum Gasteiger partial charge on any atom is -0.357 e. The molecule has 14 heavy (non-hydrogen) atoms. The van der Waals surface area contributed by atoms with Gasteiger partial charge in [0.05, 0.1) is 0 Å². The number of hydrogen-bond acceptors (Lipinski definition) is 0. The summed E-state index contributed by atoms with van der Waals surface area (Å²) in [6.45, 7) is 0. The van der Waals surface area contributed by atoms with Crippen LogP contribution in [-0.2, 0) is 0 Å². The second kappa shape index (κ2) is 3.01. The van der Waals surface area contributed by atoms with Gasteiger partial charge in [0.25, 0.3) is 0 Å². The Morgan fingerprint density at radius 1 is 1.36 bits per heavy atom. The molecule has 1 nitrogen and oxygen atoms in total. The van der Waals surface area contributed by atoms with Crippen LogP contribution in [0, 0.1) is 0 Å². The minimum atomic E-state index is 0.732. The number of fused-ring (bicyclic) bond motifs is 1. The zero-order valence-electron chi connectivity index (χ0n) is 7.48. The molecule has 2 aromatic rings. The van der Waals surface area contributed by atoms with Gasteiger partial charge in [-0.1, -0.05) is 17.7 Å². The van der Waals surface area contributed by atoms with Crippen molar-refractivity contribution in [3.8, 4) is 0 Å². The monoisotopic (exact) mass is 269 g/mol. The molecule has 1 aromatic heterocycles. The van der Waals surface area contributed by atoms with Crippen LogP contribution < -0.4 is 0 Å². The van der Waals surface area contributed by atoms with Crippen molar-refractivity contribution in [1.82, 2.24) is 4.98 Å². The second-order valence-electron chi connectivity index (χ2n) is 3.82. The smallest absolute Gasteiger partial charge is 0.0482 e. The maximum Gasteiger partial charge on any atom is 0.0482 e. The van der Waals surface area contributed by atoms with Crippen molar-refractivity contribution in [3.63, 3.8) is 0 Å². The molecule has 0 radical (unpaired) electrons. The fourth-order valence-electron chi connectivity index (χ4n) is 1.81. The summed E-state index contributed by atoms with van der Waals surface area (Å²) in [7, 11) is 0. The highest BCUT2D eigenvalue weighted by atomic mass is 79.9. The van der Waals surface area contributed by atoms with Gasteiger partial charge in [-0.05, 0) is 40.9 Å². The van der Waals surface area contributed by atoms with Crippen LogP contribution in [0.1, 0.15) is 24.5 Å². The number of benzene rings is 1. The third-order valence-corrected chi connectivity index (χ3v) is 3.80. The summed E-state index contributed by atoms with van der Waals surface area (Å²) in [5, 5.41) is 2.02. The first-order chi connectivity index (χ1) is 6.75. The lowest BCUT2D eigenvalue weighted by Crippen LogP contribution is -1.77. The lowest BCUT2D eigenvalue weighted by Gasteiger charge is -1.91. The van der Waals surface area contributed by atoms with Gasteiger partial charge in [-0.15, -0.1) is 0 Å². The molecule has 1 heterocycles. The van der Waals surface area contributed by atoms with E-state index in [9.17, 15) is 0 Å². The summed E-state index contributed by atoms with van der Waals surface area (Å²) in [6, 6.07) is 5.97. The SMILES string of the molecule is Clc1ccc2c(Br)c(C3CC3)[nH]c2c1. The lowest BCUT2D eigenvalue weighted by molar-refractivity contribution is 1.05. The van der Waals surface area contributed by atoms with Gasteiger partial charge in [0.15, 0.2) is 0 Å². The third kappa shape index (κ3) is 1.29. The highest BCUT2D eigenvalue weighted by molar-refractivity contribution is 9.10. The summed E-state index contributed by atoms with van der Waals surface area (Å²) < 4.78 is 1.21. The highest BCUT2D eigenvalue weighted by Gasteiger charge is 2.28. The van der Waals surface area contributed by atoms with Gasteiger partial charge < -0.3 is 4.98 Å². The molecule has 1 aromatic carbocycles. The van der Waals surface area contributed by atoms with Gasteiger partial charge in [-0.3, -0.25) is 0 Å². The first-order valence-corrected chi connectivity index (χ1v) is 5.89. The van der Waals surface area contributed by atoms with E-state index in [4.69, 9.17) is 11.6 Å². The van der Waals surface area contributed by atoms with E-state index in [2.05, 4.69) is 27.0 Å². The predicted molar refractivity (Wildman–Crippen MR) is 63.0 cm³/mol. The van der Waals surface area contributed by atoms with Crippen molar-refractivity contribution in [2.45, 2.75) is 18.8 Å². The van der Waals surface area contributed by atoms with Crippen LogP contribution in [0.15, 0.2) is 22.7 Å². The van der Waals surface area contributed by atoms with Gasteiger partial charge in [0, 0.05) is 32.0 Å². The van der Waals surface area contributed by atoms with Crippen LogP contribution in [0.5, 0.6) is 0 Å². The number of nitrogens with one attached hydrogen (secondary N) is 1. The fraction of sp³-hybridized carbons (Fsp3) is 0.273. The molecule has 1 aliphatic carbocycles. The van der Waals surface area contributed by atoms with Crippen molar-refractivity contribution in [2.24, 2.45) is 0 Å². The van der Waals surface area contributed by atoms with E-state index in [1.165, 1.54) is 28.4 Å². The Bertz CT molecular complexity index is 499. The van der Waals surface area contributed by atoms with Crippen LogP contribution in [0.4, 0.5) is 0 Å². The largest absolute Gasteiger partial charge is 0.357 e. The Morgan fingerprint density at radius 2 is 2.14 bits per heavy atom. The van der Waals surface area contributed by atoms with Crippen molar-refractivity contribution in [1.29, 1.82) is 0 Å². The van der Waals surface area contributed by atoms with Crippen LogP contribution in [0.25, 0.3) is 10.9 Å². The molecule has 0 bridgehead atoms. The van der Waals surface area contributed by atoms with Gasteiger partial charge >= 0.3 is 0 Å². The molecule has 1 aliphatic rings. The summed E-state index contributed by atoms with van der Waals surface area (Å²) >= 11 is 9.58. The van der Waals surface area contributed by atoms with Crippen LogP contribution in [-0.4, -0.2) is 4.98 Å². The number of aromatic nitrogens is 1. The van der Waals surface area contributed by atoms with Gasteiger partial charge in [-0.25, -0.2) is 0 Å². The summed E-state index contributed by atoms with van der Waals surface area (Å²) in [5.41, 5.74) is 2.47. The first kappa shape index (κ1) is 8.81. The molecule has 1 fully saturated rings. The van der Waals surface area contributed by atoms with Gasteiger partial charge in [-0.2, -0.15) is 0 Å². The van der Waals surface area contributed by atoms with Crippen molar-refractivity contribution in [3.05, 3.63) is 33.4 Å². The predicted octanol–water partition coefficient (Wildman–Crippen LogP) is 4.46. The summed E-state index contributed by atoms with van der Waals surface area (Å²) in [6.07, 6.45) is 2.61. The molecule has 0 unspecified atom stereocenters. The molecule has 0 spiro atoms. The maximum atomic E-state index is 5.94. The van der Waals surface area contributed by atoms with Crippen molar-refractivity contribution >= 4 is 38.4 Å². The quantitative estimate of drug-likeness (QED) is 0.787.